The number of oxazole rings is 1. The highest BCUT2D eigenvalue weighted by molar-refractivity contribution is 6.03. The second-order valence-corrected chi connectivity index (χ2v) is 3.67. The first kappa shape index (κ1) is 12.7. The van der Waals surface area contributed by atoms with Gasteiger partial charge in [0.2, 0.25) is 5.82 Å². The normalized spacial score (nSPS) is 10.2. The largest absolute Gasteiger partial charge is 0.432 e. The second-order valence-electron chi connectivity index (χ2n) is 3.67. The van der Waals surface area contributed by atoms with Crippen molar-refractivity contribution in [3.63, 3.8) is 0 Å². The van der Waals surface area contributed by atoms with Gasteiger partial charge in [-0.2, -0.15) is 9.37 Å². The maximum absolute atomic E-state index is 13.3. The van der Waals surface area contributed by atoms with E-state index in [1.54, 1.807) is 6.92 Å². The van der Waals surface area contributed by atoms with Crippen LogP contribution in [-0.2, 0) is 0 Å². The minimum atomic E-state index is -1.08. The predicted molar refractivity (Wildman–Crippen MR) is 62.2 cm³/mol. The Kier molecular flexibility index (Phi) is 3.23. The van der Waals surface area contributed by atoms with Gasteiger partial charge in [-0.1, -0.05) is 0 Å². The van der Waals surface area contributed by atoms with Crippen molar-refractivity contribution >= 4 is 17.6 Å². The molecule has 1 heterocycles. The van der Waals surface area contributed by atoms with Gasteiger partial charge in [0, 0.05) is 11.6 Å². The summed E-state index contributed by atoms with van der Waals surface area (Å²) < 4.78 is 18.2. The maximum atomic E-state index is 13.3. The summed E-state index contributed by atoms with van der Waals surface area (Å²) in [4.78, 5) is 25.1. The van der Waals surface area contributed by atoms with Crippen LogP contribution in [0.15, 0.2) is 28.9 Å². The molecule has 0 aliphatic heterocycles. The van der Waals surface area contributed by atoms with Gasteiger partial charge >= 0.3 is 11.7 Å². The van der Waals surface area contributed by atoms with Gasteiger partial charge in [-0.25, -0.2) is 0 Å². The smallest absolute Gasteiger partial charge is 0.304 e. The fraction of sp³-hybridized carbons (Fsp3) is 0.0909. The molecule has 0 bridgehead atoms. The third-order valence-electron chi connectivity index (χ3n) is 2.25. The lowest BCUT2D eigenvalue weighted by Crippen LogP contribution is -2.12. The number of benzene rings is 1. The average Bonchev–Trinajstić information content (AvgIpc) is 2.74. The summed E-state index contributed by atoms with van der Waals surface area (Å²) >= 11 is 0. The molecule has 1 aromatic heterocycles. The Morgan fingerprint density at radius 1 is 1.53 bits per heavy atom. The van der Waals surface area contributed by atoms with E-state index in [0.29, 0.717) is 5.69 Å². The molecular formula is C11H8FN3O4. The Labute approximate surface area is 106 Å². The number of carbonyl (C=O) groups is 1. The lowest BCUT2D eigenvalue weighted by Gasteiger charge is -2.01. The van der Waals surface area contributed by atoms with Crippen LogP contribution in [0.25, 0.3) is 0 Å². The first-order valence-electron chi connectivity index (χ1n) is 5.15. The van der Waals surface area contributed by atoms with Crippen LogP contribution < -0.4 is 5.32 Å². The monoisotopic (exact) mass is 265 g/mol. The Balaban J connectivity index is 2.20. The number of nitro groups is 1. The van der Waals surface area contributed by atoms with E-state index < -0.39 is 22.3 Å². The number of hydrogen-bond donors (Lipinski definition) is 1. The zero-order valence-electron chi connectivity index (χ0n) is 9.71. The molecule has 1 aromatic carbocycles. The molecule has 2 aromatic rings. The summed E-state index contributed by atoms with van der Waals surface area (Å²) in [5, 5.41) is 12.7. The molecule has 0 unspecified atom stereocenters. The Morgan fingerprint density at radius 3 is 2.79 bits per heavy atom. The van der Waals surface area contributed by atoms with Gasteiger partial charge < -0.3 is 4.42 Å². The van der Waals surface area contributed by atoms with Gasteiger partial charge in [0.15, 0.2) is 0 Å². The van der Waals surface area contributed by atoms with Crippen LogP contribution >= 0.6 is 0 Å². The number of aromatic nitrogens is 1. The van der Waals surface area contributed by atoms with Crippen LogP contribution in [0.1, 0.15) is 16.1 Å². The lowest BCUT2D eigenvalue weighted by atomic mass is 10.2. The minimum absolute atomic E-state index is 0.0266. The van der Waals surface area contributed by atoms with Gasteiger partial charge in [-0.3, -0.25) is 20.2 Å². The Hall–Kier alpha value is -2.77. The van der Waals surface area contributed by atoms with Crippen LogP contribution in [0.2, 0.25) is 0 Å². The minimum Gasteiger partial charge on any atom is -0.432 e. The fourth-order valence-corrected chi connectivity index (χ4v) is 1.38. The van der Waals surface area contributed by atoms with Crippen LogP contribution in [0.5, 0.6) is 0 Å². The van der Waals surface area contributed by atoms with E-state index in [1.165, 1.54) is 6.26 Å². The van der Waals surface area contributed by atoms with E-state index in [2.05, 4.69) is 10.3 Å². The van der Waals surface area contributed by atoms with Gasteiger partial charge in [0.1, 0.15) is 6.26 Å². The number of aryl methyl sites for hydroxylation is 1. The lowest BCUT2D eigenvalue weighted by molar-refractivity contribution is -0.387. The Bertz CT molecular complexity index is 653. The molecule has 0 saturated heterocycles. The van der Waals surface area contributed by atoms with E-state index in [9.17, 15) is 19.3 Å². The number of amides is 1. The summed E-state index contributed by atoms with van der Waals surface area (Å²) in [5.74, 6) is -1.75. The zero-order chi connectivity index (χ0) is 14.0. The topological polar surface area (TPSA) is 98.3 Å². The standard InChI is InChI=1S/C11H8FN3O4/c1-6-5-19-11(13-6)14-10(16)7-2-3-9(15(17)18)8(12)4-7/h2-5H,1H3,(H,13,14,16). The van der Waals surface area contributed by atoms with E-state index in [-0.39, 0.29) is 11.6 Å². The highest BCUT2D eigenvalue weighted by Crippen LogP contribution is 2.18. The second kappa shape index (κ2) is 4.84. The van der Waals surface area contributed by atoms with Gasteiger partial charge in [-0.15, -0.1) is 0 Å². The molecule has 2 rings (SSSR count). The number of carbonyl (C=O) groups excluding carboxylic acids is 1. The summed E-state index contributed by atoms with van der Waals surface area (Å²) in [6.07, 6.45) is 1.34. The number of anilines is 1. The van der Waals surface area contributed by atoms with E-state index >= 15 is 0 Å². The molecule has 0 fully saturated rings. The fourth-order valence-electron chi connectivity index (χ4n) is 1.38. The third kappa shape index (κ3) is 2.73. The van der Waals surface area contributed by atoms with E-state index in [0.717, 1.165) is 18.2 Å². The van der Waals surface area contributed by atoms with Gasteiger partial charge in [0.05, 0.1) is 10.6 Å². The molecule has 8 heteroatoms. The number of halogens is 1. The SMILES string of the molecule is Cc1coc(NC(=O)c2ccc([N+](=O)[O-])c(F)c2)n1. The number of rotatable bonds is 3. The molecular weight excluding hydrogens is 257 g/mol. The maximum Gasteiger partial charge on any atom is 0.304 e. The highest BCUT2D eigenvalue weighted by Gasteiger charge is 2.17. The number of nitrogens with one attached hydrogen (secondary N) is 1. The van der Waals surface area contributed by atoms with E-state index in [4.69, 9.17) is 4.42 Å². The summed E-state index contributed by atoms with van der Waals surface area (Å²) in [6, 6.07) is 2.82. The van der Waals surface area contributed by atoms with Crippen molar-refractivity contribution in [2.45, 2.75) is 6.92 Å². The molecule has 1 amide bonds. The number of nitro benzene ring substituents is 1. The molecule has 0 aliphatic carbocycles. The van der Waals surface area contributed by atoms with Gasteiger partial charge in [-0.05, 0) is 19.1 Å². The molecule has 0 aliphatic rings. The first-order chi connectivity index (χ1) is 8.97. The first-order valence-corrected chi connectivity index (χ1v) is 5.15. The van der Waals surface area contributed by atoms with Crippen LogP contribution in [0.4, 0.5) is 16.1 Å². The quantitative estimate of drug-likeness (QED) is 0.678. The molecule has 0 atom stereocenters. The van der Waals surface area contributed by atoms with E-state index in [1.807, 2.05) is 0 Å². The highest BCUT2D eigenvalue weighted by atomic mass is 19.1. The van der Waals surface area contributed by atoms with Crippen molar-refractivity contribution in [1.29, 1.82) is 0 Å². The van der Waals surface area contributed by atoms with Crippen molar-refractivity contribution in [3.8, 4) is 0 Å². The van der Waals surface area contributed by atoms with Crippen LogP contribution in [0, 0.1) is 22.9 Å². The van der Waals surface area contributed by atoms with Gasteiger partial charge in [0.25, 0.3) is 5.91 Å². The van der Waals surface area contributed by atoms with Crippen LogP contribution in [0.3, 0.4) is 0 Å². The molecule has 19 heavy (non-hydrogen) atoms. The molecule has 98 valence electrons. The number of nitrogens with zero attached hydrogens (tertiary/aromatic N) is 2. The summed E-state index contributed by atoms with van der Waals surface area (Å²) in [7, 11) is 0. The molecule has 7 nitrogen and oxygen atoms in total. The molecule has 0 saturated carbocycles. The van der Waals surface area contributed by atoms with Crippen LogP contribution in [-0.4, -0.2) is 15.8 Å². The molecule has 0 radical (unpaired) electrons. The summed E-state index contributed by atoms with van der Waals surface area (Å²) in [6.45, 7) is 1.67. The third-order valence-corrected chi connectivity index (χ3v) is 2.25. The van der Waals surface area contributed by atoms with Crippen molar-refractivity contribution in [2.24, 2.45) is 0 Å². The molecule has 1 N–H and O–H groups in total. The zero-order valence-corrected chi connectivity index (χ0v) is 9.71. The van der Waals surface area contributed by atoms with Crippen molar-refractivity contribution in [1.82, 2.24) is 4.98 Å². The van der Waals surface area contributed by atoms with Crippen molar-refractivity contribution in [2.75, 3.05) is 5.32 Å². The van der Waals surface area contributed by atoms with Crippen molar-refractivity contribution < 1.29 is 18.5 Å². The molecule has 0 spiro atoms. The average molecular weight is 265 g/mol. The Morgan fingerprint density at radius 2 is 2.26 bits per heavy atom. The summed E-state index contributed by atoms with van der Waals surface area (Å²) in [5.41, 5.74) is -0.187. The predicted octanol–water partition coefficient (Wildman–Crippen LogP) is 2.28. The van der Waals surface area contributed by atoms with Crippen molar-refractivity contribution in [3.05, 3.63) is 51.7 Å². The number of hydrogen-bond acceptors (Lipinski definition) is 5.